The summed E-state index contributed by atoms with van der Waals surface area (Å²) in [6, 6.07) is 0.357. The van der Waals surface area contributed by atoms with Gasteiger partial charge in [-0.15, -0.1) is 0 Å². The lowest BCUT2D eigenvalue weighted by molar-refractivity contribution is -0.142. The Morgan fingerprint density at radius 1 is 1.67 bits per heavy atom. The van der Waals surface area contributed by atoms with E-state index >= 15 is 0 Å². The second-order valence-electron chi connectivity index (χ2n) is 4.43. The first kappa shape index (κ1) is 10.2. The molecule has 1 N–H and O–H groups in total. The first-order valence-electron chi connectivity index (χ1n) is 5.37. The molecule has 1 heterocycles. The molecule has 0 aromatic carbocycles. The van der Waals surface area contributed by atoms with Crippen molar-refractivity contribution in [2.24, 2.45) is 5.92 Å². The van der Waals surface area contributed by atoms with Gasteiger partial charge in [0, 0.05) is 11.7 Å². The number of carbonyl (C=O) groups is 1. The topological polar surface area (TPSA) is 55.1 Å². The number of hydrogen-bond donors (Lipinski definition) is 1. The van der Waals surface area contributed by atoms with Crippen molar-refractivity contribution in [3.05, 3.63) is 17.5 Å². The Bertz CT molecular complexity index is 382. The molecule has 2 rings (SSSR count). The fraction of sp³-hybridized carbons (Fsp3) is 0.636. The van der Waals surface area contributed by atoms with Crippen LogP contribution in [-0.2, 0) is 17.6 Å². The highest BCUT2D eigenvalue weighted by atomic mass is 16.4. The van der Waals surface area contributed by atoms with Gasteiger partial charge in [-0.3, -0.25) is 9.48 Å². The molecular formula is C11H16N2O2. The third kappa shape index (κ3) is 1.76. The molecule has 15 heavy (non-hydrogen) atoms. The molecule has 0 spiro atoms. The number of nitrogens with zero attached hydrogens (tertiary/aromatic N) is 2. The zero-order valence-electron chi connectivity index (χ0n) is 9.10. The third-order valence-electron chi connectivity index (χ3n) is 3.02. The van der Waals surface area contributed by atoms with E-state index in [1.54, 1.807) is 0 Å². The molecule has 0 radical (unpaired) electrons. The van der Waals surface area contributed by atoms with Gasteiger partial charge in [-0.2, -0.15) is 5.10 Å². The van der Waals surface area contributed by atoms with Crippen LogP contribution in [0.15, 0.2) is 6.20 Å². The zero-order valence-corrected chi connectivity index (χ0v) is 9.10. The summed E-state index contributed by atoms with van der Waals surface area (Å²) < 4.78 is 2.01. The van der Waals surface area contributed by atoms with Gasteiger partial charge in [0.05, 0.1) is 12.1 Å². The van der Waals surface area contributed by atoms with Crippen molar-refractivity contribution in [3.8, 4) is 0 Å². The van der Waals surface area contributed by atoms with Crippen molar-refractivity contribution in [2.75, 3.05) is 0 Å². The van der Waals surface area contributed by atoms with Gasteiger partial charge in [0.2, 0.25) is 0 Å². The molecule has 1 aromatic heterocycles. The number of carboxylic acids is 1. The molecule has 0 saturated carbocycles. The van der Waals surface area contributed by atoms with Crippen molar-refractivity contribution in [3.63, 3.8) is 0 Å². The number of rotatable bonds is 2. The molecule has 82 valence electrons. The minimum absolute atomic E-state index is 0.220. The fourth-order valence-corrected chi connectivity index (χ4v) is 2.20. The SMILES string of the molecule is CC(C)n1ncc2c1CC[C@@H](C(=O)O)C2. The van der Waals surface area contributed by atoms with Crippen LogP contribution in [0.2, 0.25) is 0 Å². The summed E-state index contributed by atoms with van der Waals surface area (Å²) in [4.78, 5) is 10.9. The molecule has 1 aliphatic rings. The highest BCUT2D eigenvalue weighted by Gasteiger charge is 2.27. The average Bonchev–Trinajstić information content (AvgIpc) is 2.59. The maximum Gasteiger partial charge on any atom is 0.306 e. The van der Waals surface area contributed by atoms with E-state index in [0.717, 1.165) is 18.4 Å². The highest BCUT2D eigenvalue weighted by molar-refractivity contribution is 5.70. The van der Waals surface area contributed by atoms with Crippen molar-refractivity contribution in [2.45, 2.75) is 39.2 Å². The van der Waals surface area contributed by atoms with E-state index < -0.39 is 5.97 Å². The Labute approximate surface area is 88.9 Å². The molecule has 1 aromatic rings. The lowest BCUT2D eigenvalue weighted by Crippen LogP contribution is -2.23. The standard InChI is InChI=1S/C11H16N2O2/c1-7(2)13-10-4-3-8(11(14)15)5-9(10)6-12-13/h6-8H,3-5H2,1-2H3,(H,14,15)/t8-/m1/s1. The van der Waals surface area contributed by atoms with E-state index in [1.165, 1.54) is 5.69 Å². The van der Waals surface area contributed by atoms with Gasteiger partial charge in [-0.25, -0.2) is 0 Å². The Morgan fingerprint density at radius 3 is 3.00 bits per heavy atom. The van der Waals surface area contributed by atoms with Crippen LogP contribution < -0.4 is 0 Å². The third-order valence-corrected chi connectivity index (χ3v) is 3.02. The molecule has 0 bridgehead atoms. The molecular weight excluding hydrogens is 192 g/mol. The molecule has 4 nitrogen and oxygen atoms in total. The molecule has 0 fully saturated rings. The van der Waals surface area contributed by atoms with E-state index in [-0.39, 0.29) is 5.92 Å². The summed E-state index contributed by atoms with van der Waals surface area (Å²) >= 11 is 0. The van der Waals surface area contributed by atoms with E-state index in [4.69, 9.17) is 5.11 Å². The largest absolute Gasteiger partial charge is 0.481 e. The van der Waals surface area contributed by atoms with Crippen LogP contribution in [0.4, 0.5) is 0 Å². The summed E-state index contributed by atoms with van der Waals surface area (Å²) in [5.74, 6) is -0.903. The summed E-state index contributed by atoms with van der Waals surface area (Å²) in [7, 11) is 0. The van der Waals surface area contributed by atoms with Gasteiger partial charge in [-0.1, -0.05) is 0 Å². The minimum atomic E-state index is -0.682. The minimum Gasteiger partial charge on any atom is -0.481 e. The molecule has 4 heteroatoms. The Balaban J connectivity index is 2.26. The van der Waals surface area contributed by atoms with E-state index in [1.807, 2.05) is 10.9 Å². The van der Waals surface area contributed by atoms with E-state index in [0.29, 0.717) is 12.5 Å². The van der Waals surface area contributed by atoms with Gasteiger partial charge in [0.25, 0.3) is 0 Å². The fourth-order valence-electron chi connectivity index (χ4n) is 2.20. The van der Waals surface area contributed by atoms with Crippen LogP contribution >= 0.6 is 0 Å². The number of hydrogen-bond acceptors (Lipinski definition) is 2. The Kier molecular flexibility index (Phi) is 2.50. The highest BCUT2D eigenvalue weighted by Crippen LogP contribution is 2.27. The van der Waals surface area contributed by atoms with Crippen LogP contribution in [0.3, 0.4) is 0 Å². The van der Waals surface area contributed by atoms with E-state index in [2.05, 4.69) is 18.9 Å². The monoisotopic (exact) mass is 208 g/mol. The predicted molar refractivity (Wildman–Crippen MR) is 55.8 cm³/mol. The van der Waals surface area contributed by atoms with Crippen molar-refractivity contribution >= 4 is 5.97 Å². The number of aliphatic carboxylic acids is 1. The number of carboxylic acid groups (broad SMARTS) is 1. The second-order valence-corrected chi connectivity index (χ2v) is 4.43. The zero-order chi connectivity index (χ0) is 11.0. The molecule has 1 atom stereocenters. The normalized spacial score (nSPS) is 20.3. The quantitative estimate of drug-likeness (QED) is 0.804. The van der Waals surface area contributed by atoms with Gasteiger partial charge in [0.15, 0.2) is 0 Å². The van der Waals surface area contributed by atoms with Crippen molar-refractivity contribution in [1.29, 1.82) is 0 Å². The predicted octanol–water partition coefficient (Wildman–Crippen LogP) is 1.65. The first-order chi connectivity index (χ1) is 7.09. The van der Waals surface area contributed by atoms with Crippen molar-refractivity contribution in [1.82, 2.24) is 9.78 Å². The second kappa shape index (κ2) is 3.68. The van der Waals surface area contributed by atoms with Crippen LogP contribution in [-0.4, -0.2) is 20.9 Å². The number of aromatic nitrogens is 2. The summed E-state index contributed by atoms with van der Waals surface area (Å²) in [6.07, 6.45) is 4.03. The number of fused-ring (bicyclic) bond motifs is 1. The molecule has 1 aliphatic carbocycles. The lowest BCUT2D eigenvalue weighted by atomic mass is 9.88. The summed E-state index contributed by atoms with van der Waals surface area (Å²) in [6.45, 7) is 4.19. The van der Waals surface area contributed by atoms with E-state index in [9.17, 15) is 4.79 Å². The maximum absolute atomic E-state index is 10.9. The van der Waals surface area contributed by atoms with Gasteiger partial charge < -0.3 is 5.11 Å². The average molecular weight is 208 g/mol. The molecule has 0 unspecified atom stereocenters. The van der Waals surface area contributed by atoms with Crippen LogP contribution in [0.25, 0.3) is 0 Å². The summed E-state index contributed by atoms with van der Waals surface area (Å²) in [5.41, 5.74) is 2.34. The smallest absolute Gasteiger partial charge is 0.306 e. The summed E-state index contributed by atoms with van der Waals surface area (Å²) in [5, 5.41) is 13.3. The van der Waals surface area contributed by atoms with Crippen LogP contribution in [0, 0.1) is 5.92 Å². The molecule has 0 aliphatic heterocycles. The van der Waals surface area contributed by atoms with Crippen LogP contribution in [0.1, 0.15) is 37.6 Å². The van der Waals surface area contributed by atoms with Crippen LogP contribution in [0.5, 0.6) is 0 Å². The Hall–Kier alpha value is -1.32. The molecule has 0 amide bonds. The maximum atomic E-state index is 10.9. The lowest BCUT2D eigenvalue weighted by Gasteiger charge is -2.20. The van der Waals surface area contributed by atoms with Gasteiger partial charge in [-0.05, 0) is 38.7 Å². The van der Waals surface area contributed by atoms with Gasteiger partial charge >= 0.3 is 5.97 Å². The first-order valence-corrected chi connectivity index (χ1v) is 5.37. The molecule has 0 saturated heterocycles. The van der Waals surface area contributed by atoms with Crippen molar-refractivity contribution < 1.29 is 9.90 Å². The Morgan fingerprint density at radius 2 is 2.40 bits per heavy atom. The van der Waals surface area contributed by atoms with Gasteiger partial charge in [0.1, 0.15) is 0 Å².